The first-order valence-electron chi connectivity index (χ1n) is 9.29. The van der Waals surface area contributed by atoms with E-state index in [0.29, 0.717) is 0 Å². The molecule has 0 N–H and O–H groups in total. The van der Waals surface area contributed by atoms with Gasteiger partial charge in [-0.3, -0.25) is 0 Å². The van der Waals surface area contributed by atoms with Crippen LogP contribution in [-0.2, 0) is 0 Å². The van der Waals surface area contributed by atoms with Crippen LogP contribution in [0.2, 0.25) is 0 Å². The summed E-state index contributed by atoms with van der Waals surface area (Å²) < 4.78 is 25.2. The van der Waals surface area contributed by atoms with Crippen molar-refractivity contribution in [1.82, 2.24) is 0 Å². The van der Waals surface area contributed by atoms with Crippen molar-refractivity contribution in [2.24, 2.45) is 0 Å². The van der Waals surface area contributed by atoms with Crippen LogP contribution in [0, 0.1) is 11.6 Å². The molecule has 26 heavy (non-hydrogen) atoms. The summed E-state index contributed by atoms with van der Waals surface area (Å²) in [5, 5.41) is 0. The van der Waals surface area contributed by atoms with Gasteiger partial charge in [0.15, 0.2) is 0 Å². The van der Waals surface area contributed by atoms with Crippen LogP contribution < -0.4 is 0 Å². The van der Waals surface area contributed by atoms with Crippen LogP contribution in [0.1, 0.15) is 43.6 Å². The minimum Gasteiger partial charge on any atom is -0.207 e. The molecule has 0 bridgehead atoms. The molecule has 0 amide bonds. The Morgan fingerprint density at radius 2 is 1.00 bits per heavy atom. The quantitative estimate of drug-likeness (QED) is 0.453. The fraction of sp³-hybridized carbons (Fsp3) is 0.250. The van der Waals surface area contributed by atoms with Crippen molar-refractivity contribution in [3.05, 3.63) is 96.1 Å². The van der Waals surface area contributed by atoms with Crippen LogP contribution in [0.15, 0.2) is 78.9 Å². The molecule has 4 rings (SSSR count). The van der Waals surface area contributed by atoms with E-state index in [1.165, 1.54) is 56.4 Å². The molecule has 3 aromatic rings. The van der Waals surface area contributed by atoms with Gasteiger partial charge in [-0.05, 0) is 59.7 Å². The molecule has 0 radical (unpaired) electrons. The summed E-state index contributed by atoms with van der Waals surface area (Å²) in [7, 11) is 0. The van der Waals surface area contributed by atoms with Gasteiger partial charge in [0, 0.05) is 0 Å². The first kappa shape index (κ1) is 18.3. The minimum atomic E-state index is -0.268. The number of hydrogen-bond donors (Lipinski definition) is 0. The number of rotatable bonds is 2. The molecular formula is C24H24F2. The van der Waals surface area contributed by atoms with E-state index in [2.05, 4.69) is 30.3 Å². The Kier molecular flexibility index (Phi) is 6.54. The predicted octanol–water partition coefficient (Wildman–Crippen LogP) is 7.37. The van der Waals surface area contributed by atoms with E-state index in [1.54, 1.807) is 29.8 Å². The fourth-order valence-corrected chi connectivity index (χ4v) is 3.45. The molecule has 0 heterocycles. The molecule has 0 saturated heterocycles. The highest BCUT2D eigenvalue weighted by Crippen LogP contribution is 2.32. The fourth-order valence-electron chi connectivity index (χ4n) is 3.45. The lowest BCUT2D eigenvalue weighted by Crippen LogP contribution is -2.03. The van der Waals surface area contributed by atoms with E-state index in [4.69, 9.17) is 0 Å². The third kappa shape index (κ3) is 5.26. The highest BCUT2D eigenvalue weighted by molar-refractivity contribution is 5.62. The molecule has 0 aliphatic heterocycles. The summed E-state index contributed by atoms with van der Waals surface area (Å²) in [5.74, 6) is 0.326. The second-order valence-corrected chi connectivity index (χ2v) is 6.76. The Labute approximate surface area is 154 Å². The van der Waals surface area contributed by atoms with Gasteiger partial charge in [0.2, 0.25) is 0 Å². The first-order valence-corrected chi connectivity index (χ1v) is 9.29. The first-order chi connectivity index (χ1) is 12.7. The van der Waals surface area contributed by atoms with Crippen molar-refractivity contribution in [1.29, 1.82) is 0 Å². The molecule has 1 aliphatic carbocycles. The Morgan fingerprint density at radius 3 is 1.46 bits per heavy atom. The summed E-state index contributed by atoms with van der Waals surface area (Å²) in [5.41, 5.74) is 3.31. The van der Waals surface area contributed by atoms with E-state index in [0.717, 1.165) is 17.0 Å². The van der Waals surface area contributed by atoms with Gasteiger partial charge in [0.1, 0.15) is 11.6 Å². The Morgan fingerprint density at radius 1 is 0.538 bits per heavy atom. The summed E-state index contributed by atoms with van der Waals surface area (Å²) >= 11 is 0. The van der Waals surface area contributed by atoms with Gasteiger partial charge >= 0.3 is 0 Å². The van der Waals surface area contributed by atoms with Gasteiger partial charge in [0.05, 0.1) is 0 Å². The van der Waals surface area contributed by atoms with E-state index in [9.17, 15) is 8.78 Å². The predicted molar refractivity (Wildman–Crippen MR) is 104 cm³/mol. The highest BCUT2D eigenvalue weighted by Gasteiger charge is 2.14. The van der Waals surface area contributed by atoms with E-state index >= 15 is 0 Å². The molecule has 2 heteroatoms. The van der Waals surface area contributed by atoms with Crippen molar-refractivity contribution in [2.75, 3.05) is 0 Å². The summed E-state index contributed by atoms with van der Waals surface area (Å²) in [4.78, 5) is 0. The van der Waals surface area contributed by atoms with Gasteiger partial charge in [-0.2, -0.15) is 0 Å². The van der Waals surface area contributed by atoms with Crippen molar-refractivity contribution >= 4 is 0 Å². The molecule has 1 aliphatic rings. The highest BCUT2D eigenvalue weighted by atomic mass is 19.1. The monoisotopic (exact) mass is 350 g/mol. The lowest BCUT2D eigenvalue weighted by Gasteiger charge is -2.21. The van der Waals surface area contributed by atoms with Gasteiger partial charge in [0.25, 0.3) is 0 Å². The summed E-state index contributed by atoms with van der Waals surface area (Å²) in [6, 6.07) is 23.2. The number of benzene rings is 3. The maximum atomic E-state index is 12.6. The molecule has 0 atom stereocenters. The van der Waals surface area contributed by atoms with Crippen LogP contribution >= 0.6 is 0 Å². The van der Waals surface area contributed by atoms with Crippen LogP contribution in [-0.4, -0.2) is 0 Å². The third-order valence-electron chi connectivity index (χ3n) is 4.90. The smallest absolute Gasteiger partial charge is 0.123 e. The Hall–Kier alpha value is -2.48. The molecule has 1 saturated carbocycles. The van der Waals surface area contributed by atoms with E-state index < -0.39 is 0 Å². The van der Waals surface area contributed by atoms with Crippen molar-refractivity contribution < 1.29 is 8.78 Å². The molecule has 134 valence electrons. The van der Waals surface area contributed by atoms with Gasteiger partial charge in [-0.15, -0.1) is 0 Å². The zero-order valence-electron chi connectivity index (χ0n) is 14.9. The lowest BCUT2D eigenvalue weighted by molar-refractivity contribution is 0.443. The van der Waals surface area contributed by atoms with Gasteiger partial charge in [-0.25, -0.2) is 8.78 Å². The zero-order valence-corrected chi connectivity index (χ0v) is 14.9. The second kappa shape index (κ2) is 9.28. The molecule has 0 aromatic heterocycles. The molecule has 1 fully saturated rings. The molecule has 0 nitrogen and oxygen atoms in total. The minimum absolute atomic E-state index is 0.268. The topological polar surface area (TPSA) is 0 Å². The maximum absolute atomic E-state index is 12.6. The van der Waals surface area contributed by atoms with Crippen molar-refractivity contribution in [3.63, 3.8) is 0 Å². The second-order valence-electron chi connectivity index (χ2n) is 6.76. The normalized spacial score (nSPS) is 14.4. The van der Waals surface area contributed by atoms with Crippen LogP contribution in [0.25, 0.3) is 11.1 Å². The molecular weight excluding hydrogens is 326 g/mol. The summed E-state index contributed by atoms with van der Waals surface area (Å²) in [6.07, 6.45) is 7.12. The number of halogens is 2. The molecule has 0 spiro atoms. The zero-order chi connectivity index (χ0) is 18.2. The number of hydrogen-bond acceptors (Lipinski definition) is 0. The van der Waals surface area contributed by atoms with E-state index in [1.807, 2.05) is 0 Å². The van der Waals surface area contributed by atoms with Gasteiger partial charge < -0.3 is 0 Å². The van der Waals surface area contributed by atoms with Crippen LogP contribution in [0.3, 0.4) is 0 Å². The van der Waals surface area contributed by atoms with Crippen LogP contribution in [0.4, 0.5) is 8.78 Å². The SMILES string of the molecule is Fc1ccc(-c2ccc(F)cc2)cc1.c1ccc(C2CCCCC2)cc1. The molecule has 3 aromatic carbocycles. The average molecular weight is 350 g/mol. The average Bonchev–Trinajstić information content (AvgIpc) is 2.71. The maximum Gasteiger partial charge on any atom is 0.123 e. The molecule has 0 unspecified atom stereocenters. The van der Waals surface area contributed by atoms with Crippen LogP contribution in [0.5, 0.6) is 0 Å². The Bertz CT molecular complexity index is 727. The van der Waals surface area contributed by atoms with Gasteiger partial charge in [-0.1, -0.05) is 73.9 Å². The third-order valence-corrected chi connectivity index (χ3v) is 4.90. The van der Waals surface area contributed by atoms with E-state index in [-0.39, 0.29) is 11.6 Å². The standard InChI is InChI=1S/C12H8F2.C12H16/c13-11-5-1-9(2-6-11)10-3-7-12(14)8-4-10;1-3-7-11(8-4-1)12-9-5-2-6-10-12/h1-8H;1,3-4,7-8,12H,2,5-6,9-10H2. The van der Waals surface area contributed by atoms with Crippen molar-refractivity contribution in [3.8, 4) is 11.1 Å². The largest absolute Gasteiger partial charge is 0.207 e. The Balaban J connectivity index is 0.000000152. The summed E-state index contributed by atoms with van der Waals surface area (Å²) in [6.45, 7) is 0. The van der Waals surface area contributed by atoms with Crippen molar-refractivity contribution in [2.45, 2.75) is 38.0 Å². The lowest BCUT2D eigenvalue weighted by atomic mass is 9.84.